The Labute approximate surface area is 72.8 Å². The highest BCUT2D eigenvalue weighted by atomic mass is 32.1. The molecule has 1 aromatic carbocycles. The molecule has 0 aliphatic heterocycles. The monoisotopic (exact) mass is 180 g/mol. The van der Waals surface area contributed by atoms with E-state index in [9.17, 15) is 0 Å². The molecule has 4 nitrogen and oxygen atoms in total. The van der Waals surface area contributed by atoms with Crippen LogP contribution in [-0.2, 0) is 0 Å². The van der Waals surface area contributed by atoms with E-state index in [1.807, 2.05) is 6.07 Å². The van der Waals surface area contributed by atoms with E-state index in [1.165, 1.54) is 11.5 Å². The Hall–Kier alpha value is -0.975. The molecule has 0 bridgehead atoms. The standard InChI is InChI=1S/C6H5BN2O2S/c10-7(11)4-2-1-3-5-6(4)8-9-12-5/h1-3,10-11H. The average Bonchev–Trinajstić information content (AvgIpc) is 2.49. The largest absolute Gasteiger partial charge is 0.490 e. The quantitative estimate of drug-likeness (QED) is 0.573. The average molecular weight is 180 g/mol. The molecule has 6 heteroatoms. The van der Waals surface area contributed by atoms with Crippen molar-refractivity contribution in [2.24, 2.45) is 0 Å². The molecule has 0 saturated carbocycles. The summed E-state index contributed by atoms with van der Waals surface area (Å²) in [5, 5.41) is 21.7. The highest BCUT2D eigenvalue weighted by Crippen LogP contribution is 2.11. The van der Waals surface area contributed by atoms with Crippen LogP contribution in [0.5, 0.6) is 0 Å². The van der Waals surface area contributed by atoms with Gasteiger partial charge in [-0.05, 0) is 17.6 Å². The zero-order valence-corrected chi connectivity index (χ0v) is 6.82. The molecule has 1 heterocycles. The Morgan fingerprint density at radius 2 is 2.17 bits per heavy atom. The van der Waals surface area contributed by atoms with E-state index in [0.717, 1.165) is 4.70 Å². The zero-order valence-electron chi connectivity index (χ0n) is 6.01. The summed E-state index contributed by atoms with van der Waals surface area (Å²) in [6, 6.07) is 5.21. The van der Waals surface area contributed by atoms with Gasteiger partial charge in [0.05, 0.1) is 4.70 Å². The van der Waals surface area contributed by atoms with Crippen LogP contribution >= 0.6 is 11.5 Å². The lowest BCUT2D eigenvalue weighted by atomic mass is 9.80. The van der Waals surface area contributed by atoms with Crippen molar-refractivity contribution < 1.29 is 10.0 Å². The lowest BCUT2D eigenvalue weighted by Gasteiger charge is -1.97. The van der Waals surface area contributed by atoms with Crippen molar-refractivity contribution in [1.82, 2.24) is 9.59 Å². The first-order chi connectivity index (χ1) is 5.79. The van der Waals surface area contributed by atoms with Gasteiger partial charge in [-0.2, -0.15) is 0 Å². The Morgan fingerprint density at radius 1 is 1.33 bits per heavy atom. The molecule has 0 aliphatic carbocycles. The van der Waals surface area contributed by atoms with Crippen LogP contribution in [0.3, 0.4) is 0 Å². The van der Waals surface area contributed by atoms with Crippen molar-refractivity contribution in [2.45, 2.75) is 0 Å². The molecule has 0 amide bonds. The maximum Gasteiger partial charge on any atom is 0.490 e. The van der Waals surface area contributed by atoms with Gasteiger partial charge in [-0.1, -0.05) is 16.6 Å². The van der Waals surface area contributed by atoms with Crippen LogP contribution in [0.4, 0.5) is 0 Å². The molecule has 60 valence electrons. The third-order valence-electron chi connectivity index (χ3n) is 1.59. The Kier molecular flexibility index (Phi) is 1.80. The molecule has 2 N–H and O–H groups in total. The minimum absolute atomic E-state index is 0.404. The molecule has 0 atom stereocenters. The van der Waals surface area contributed by atoms with Gasteiger partial charge in [0.25, 0.3) is 0 Å². The maximum atomic E-state index is 8.93. The summed E-state index contributed by atoms with van der Waals surface area (Å²) in [6.45, 7) is 0. The summed E-state index contributed by atoms with van der Waals surface area (Å²) in [6.07, 6.45) is 0. The first-order valence-corrected chi connectivity index (χ1v) is 4.13. The van der Waals surface area contributed by atoms with Gasteiger partial charge in [-0.25, -0.2) is 0 Å². The molecule has 0 fully saturated rings. The minimum Gasteiger partial charge on any atom is -0.423 e. The van der Waals surface area contributed by atoms with Gasteiger partial charge in [0.1, 0.15) is 5.52 Å². The summed E-state index contributed by atoms with van der Waals surface area (Å²) in [4.78, 5) is 0. The van der Waals surface area contributed by atoms with E-state index in [4.69, 9.17) is 10.0 Å². The van der Waals surface area contributed by atoms with Crippen molar-refractivity contribution in [3.8, 4) is 0 Å². The smallest absolute Gasteiger partial charge is 0.423 e. The predicted molar refractivity (Wildman–Crippen MR) is 47.2 cm³/mol. The van der Waals surface area contributed by atoms with E-state index in [2.05, 4.69) is 9.59 Å². The Balaban J connectivity index is 2.73. The summed E-state index contributed by atoms with van der Waals surface area (Å²) in [5.74, 6) is 0. The van der Waals surface area contributed by atoms with E-state index in [1.54, 1.807) is 12.1 Å². The van der Waals surface area contributed by atoms with E-state index >= 15 is 0 Å². The lowest BCUT2D eigenvalue weighted by Crippen LogP contribution is -2.30. The van der Waals surface area contributed by atoms with E-state index in [0.29, 0.717) is 11.0 Å². The van der Waals surface area contributed by atoms with E-state index in [-0.39, 0.29) is 0 Å². The highest BCUT2D eigenvalue weighted by Gasteiger charge is 2.15. The maximum absolute atomic E-state index is 8.93. The predicted octanol–water partition coefficient (Wildman–Crippen LogP) is -0.629. The summed E-state index contributed by atoms with van der Waals surface area (Å²) in [7, 11) is -1.47. The van der Waals surface area contributed by atoms with E-state index < -0.39 is 7.12 Å². The van der Waals surface area contributed by atoms with Gasteiger partial charge in [0.15, 0.2) is 0 Å². The number of aromatic nitrogens is 2. The van der Waals surface area contributed by atoms with Crippen LogP contribution in [-0.4, -0.2) is 26.8 Å². The van der Waals surface area contributed by atoms with Gasteiger partial charge in [-0.15, -0.1) is 5.10 Å². The number of hydrogen-bond acceptors (Lipinski definition) is 5. The third-order valence-corrected chi connectivity index (χ3v) is 2.28. The second-order valence-corrected chi connectivity index (χ2v) is 3.13. The summed E-state index contributed by atoms with van der Waals surface area (Å²) in [5.41, 5.74) is 0.971. The van der Waals surface area contributed by atoms with Crippen molar-refractivity contribution in [2.75, 3.05) is 0 Å². The molecular weight excluding hydrogens is 175 g/mol. The molecule has 12 heavy (non-hydrogen) atoms. The van der Waals surface area contributed by atoms with Crippen molar-refractivity contribution in [3.05, 3.63) is 18.2 Å². The van der Waals surface area contributed by atoms with Crippen LogP contribution in [0.2, 0.25) is 0 Å². The van der Waals surface area contributed by atoms with Gasteiger partial charge >= 0.3 is 7.12 Å². The normalized spacial score (nSPS) is 10.5. The van der Waals surface area contributed by atoms with Gasteiger partial charge in [0, 0.05) is 5.46 Å². The number of hydrogen-bond donors (Lipinski definition) is 2. The number of benzene rings is 1. The molecule has 0 unspecified atom stereocenters. The second kappa shape index (κ2) is 2.82. The third kappa shape index (κ3) is 1.10. The van der Waals surface area contributed by atoms with Crippen LogP contribution in [0.1, 0.15) is 0 Å². The molecule has 1 aromatic heterocycles. The van der Waals surface area contributed by atoms with Gasteiger partial charge < -0.3 is 10.0 Å². The van der Waals surface area contributed by atoms with Crippen molar-refractivity contribution in [3.63, 3.8) is 0 Å². The Morgan fingerprint density at radius 3 is 2.92 bits per heavy atom. The molecule has 0 aliphatic rings. The molecule has 0 radical (unpaired) electrons. The van der Waals surface area contributed by atoms with Gasteiger partial charge in [0.2, 0.25) is 0 Å². The van der Waals surface area contributed by atoms with Crippen molar-refractivity contribution in [1.29, 1.82) is 0 Å². The van der Waals surface area contributed by atoms with Gasteiger partial charge in [-0.3, -0.25) is 0 Å². The first-order valence-electron chi connectivity index (χ1n) is 3.36. The molecular formula is C6H5BN2O2S. The number of fused-ring (bicyclic) bond motifs is 1. The van der Waals surface area contributed by atoms with Crippen LogP contribution in [0, 0.1) is 0 Å². The number of nitrogens with zero attached hydrogens (tertiary/aromatic N) is 2. The summed E-state index contributed by atoms with van der Waals surface area (Å²) >= 11 is 1.24. The summed E-state index contributed by atoms with van der Waals surface area (Å²) < 4.78 is 4.58. The molecule has 0 spiro atoms. The SMILES string of the molecule is OB(O)c1cccc2snnc12. The lowest BCUT2D eigenvalue weighted by molar-refractivity contribution is 0.426. The van der Waals surface area contributed by atoms with Crippen LogP contribution < -0.4 is 5.46 Å². The second-order valence-electron chi connectivity index (χ2n) is 2.34. The molecule has 2 aromatic rings. The minimum atomic E-state index is -1.47. The zero-order chi connectivity index (χ0) is 8.55. The fourth-order valence-electron chi connectivity index (χ4n) is 1.03. The van der Waals surface area contributed by atoms with Crippen LogP contribution in [0.25, 0.3) is 10.2 Å². The fourth-order valence-corrected chi connectivity index (χ4v) is 1.63. The Bertz CT molecular complexity index is 403. The fraction of sp³-hybridized carbons (Fsp3) is 0. The highest BCUT2D eigenvalue weighted by molar-refractivity contribution is 7.13. The molecule has 0 saturated heterocycles. The topological polar surface area (TPSA) is 66.2 Å². The van der Waals surface area contributed by atoms with Crippen molar-refractivity contribution >= 4 is 34.3 Å². The number of rotatable bonds is 1. The van der Waals surface area contributed by atoms with Crippen LogP contribution in [0.15, 0.2) is 18.2 Å². The molecule has 2 rings (SSSR count). The first kappa shape index (κ1) is 7.66.